The number of fused-ring (bicyclic) bond motifs is 5. The van der Waals surface area contributed by atoms with Crippen molar-refractivity contribution < 1.29 is 9.47 Å². The van der Waals surface area contributed by atoms with Crippen molar-refractivity contribution >= 4 is 0 Å². The van der Waals surface area contributed by atoms with Gasteiger partial charge in [0.2, 0.25) is 0 Å². The number of ether oxygens (including phenoxy) is 2. The van der Waals surface area contributed by atoms with Gasteiger partial charge in [-0.3, -0.25) is 0 Å². The first-order valence-electron chi connectivity index (χ1n) is 10.3. The van der Waals surface area contributed by atoms with Crippen LogP contribution in [-0.4, -0.2) is 20.0 Å². The van der Waals surface area contributed by atoms with Gasteiger partial charge in [-0.1, -0.05) is 26.0 Å². The molecule has 2 nitrogen and oxygen atoms in total. The molecule has 0 amide bonds. The lowest BCUT2D eigenvalue weighted by Gasteiger charge is -2.60. The van der Waals surface area contributed by atoms with Crippen LogP contribution >= 0.6 is 0 Å². The first-order chi connectivity index (χ1) is 11.5. The molecule has 4 saturated carbocycles. The molecular formula is C22H36O2. The van der Waals surface area contributed by atoms with Crippen LogP contribution in [0.2, 0.25) is 0 Å². The highest BCUT2D eigenvalue weighted by molar-refractivity contribution is 5.21. The van der Waals surface area contributed by atoms with Crippen LogP contribution in [0, 0.1) is 34.5 Å². The summed E-state index contributed by atoms with van der Waals surface area (Å²) in [6, 6.07) is 0. The van der Waals surface area contributed by atoms with Gasteiger partial charge in [-0.2, -0.15) is 0 Å². The summed E-state index contributed by atoms with van der Waals surface area (Å²) in [5.74, 6) is 3.69. The van der Waals surface area contributed by atoms with E-state index in [1.165, 1.54) is 57.8 Å². The zero-order valence-electron chi connectivity index (χ0n) is 16.0. The molecule has 4 aliphatic rings. The average molecular weight is 333 g/mol. The van der Waals surface area contributed by atoms with Crippen LogP contribution in [0.3, 0.4) is 0 Å². The van der Waals surface area contributed by atoms with E-state index >= 15 is 0 Å². The van der Waals surface area contributed by atoms with Gasteiger partial charge in [0, 0.05) is 7.11 Å². The van der Waals surface area contributed by atoms with Crippen molar-refractivity contribution in [2.24, 2.45) is 34.5 Å². The second-order valence-corrected chi connectivity index (χ2v) is 9.72. The molecule has 0 aromatic rings. The Labute approximate surface area is 148 Å². The Morgan fingerprint density at radius 2 is 1.88 bits per heavy atom. The van der Waals surface area contributed by atoms with Crippen molar-refractivity contribution in [3.8, 4) is 0 Å². The molecule has 0 aromatic heterocycles. The van der Waals surface area contributed by atoms with Crippen molar-refractivity contribution in [2.75, 3.05) is 13.9 Å². The molecule has 136 valence electrons. The van der Waals surface area contributed by atoms with Gasteiger partial charge in [-0.15, -0.1) is 0 Å². The molecule has 0 bridgehead atoms. The third kappa shape index (κ3) is 2.43. The molecule has 4 fully saturated rings. The van der Waals surface area contributed by atoms with E-state index in [1.54, 1.807) is 12.7 Å². The van der Waals surface area contributed by atoms with Gasteiger partial charge in [0.1, 0.15) is 6.79 Å². The molecule has 24 heavy (non-hydrogen) atoms. The van der Waals surface area contributed by atoms with E-state index in [4.69, 9.17) is 9.47 Å². The van der Waals surface area contributed by atoms with Gasteiger partial charge in [-0.05, 0) is 92.3 Å². The highest BCUT2D eigenvalue weighted by Crippen LogP contribution is 2.67. The third-order valence-corrected chi connectivity index (χ3v) is 8.99. The van der Waals surface area contributed by atoms with Crippen LogP contribution < -0.4 is 0 Å². The standard InChI is InChI=1S/C22H36O2/c1-15-5-8-19-18-7-6-16-13-17(24-14-23-4)9-11-22(16,3)20(18)10-12-21(15,19)2/h16-20H,1,5-14H2,2-4H3/t16?,17-,18-,19-,20-,21+,22-/m0/s1. The Morgan fingerprint density at radius 1 is 1.04 bits per heavy atom. The zero-order chi connectivity index (χ0) is 16.9. The van der Waals surface area contributed by atoms with E-state index in [2.05, 4.69) is 20.4 Å². The highest BCUT2D eigenvalue weighted by atomic mass is 16.7. The molecule has 4 aliphatic carbocycles. The largest absolute Gasteiger partial charge is 0.359 e. The molecular weight excluding hydrogens is 296 g/mol. The summed E-state index contributed by atoms with van der Waals surface area (Å²) < 4.78 is 11.1. The molecule has 0 spiro atoms. The van der Waals surface area contributed by atoms with E-state index in [-0.39, 0.29) is 0 Å². The summed E-state index contributed by atoms with van der Waals surface area (Å²) in [6.07, 6.45) is 12.7. The van der Waals surface area contributed by atoms with Gasteiger partial charge in [0.25, 0.3) is 0 Å². The minimum absolute atomic E-state index is 0.430. The molecule has 0 N–H and O–H groups in total. The first kappa shape index (κ1) is 17.1. The summed E-state index contributed by atoms with van der Waals surface area (Å²) in [7, 11) is 1.73. The molecule has 0 aromatic carbocycles. The first-order valence-corrected chi connectivity index (χ1v) is 10.3. The van der Waals surface area contributed by atoms with Crippen LogP contribution in [0.1, 0.15) is 71.6 Å². The Bertz CT molecular complexity index is 500. The lowest BCUT2D eigenvalue weighted by atomic mass is 9.45. The predicted molar refractivity (Wildman–Crippen MR) is 97.6 cm³/mol. The van der Waals surface area contributed by atoms with E-state index in [0.29, 0.717) is 23.7 Å². The second kappa shape index (κ2) is 6.13. The van der Waals surface area contributed by atoms with Crippen molar-refractivity contribution in [2.45, 2.75) is 77.7 Å². The summed E-state index contributed by atoms with van der Waals surface area (Å²) in [6.45, 7) is 10.1. The van der Waals surface area contributed by atoms with Crippen LogP contribution in [0.5, 0.6) is 0 Å². The topological polar surface area (TPSA) is 18.5 Å². The van der Waals surface area contributed by atoms with Gasteiger partial charge < -0.3 is 9.47 Å². The number of allylic oxidation sites excluding steroid dienone is 1. The average Bonchev–Trinajstić information content (AvgIpc) is 2.88. The molecule has 1 unspecified atom stereocenters. The second-order valence-electron chi connectivity index (χ2n) is 9.72. The minimum Gasteiger partial charge on any atom is -0.359 e. The minimum atomic E-state index is 0.430. The maximum absolute atomic E-state index is 5.93. The summed E-state index contributed by atoms with van der Waals surface area (Å²) in [5, 5.41) is 0. The fraction of sp³-hybridized carbons (Fsp3) is 0.909. The Hall–Kier alpha value is -0.340. The van der Waals surface area contributed by atoms with Gasteiger partial charge in [0.15, 0.2) is 0 Å². The smallest absolute Gasteiger partial charge is 0.146 e. The lowest BCUT2D eigenvalue weighted by molar-refractivity contribution is -0.147. The summed E-state index contributed by atoms with van der Waals surface area (Å²) in [5.41, 5.74) is 2.58. The van der Waals surface area contributed by atoms with E-state index in [1.807, 2.05) is 0 Å². The molecule has 0 radical (unpaired) electrons. The lowest BCUT2D eigenvalue weighted by Crippen LogP contribution is -2.53. The van der Waals surface area contributed by atoms with Crippen molar-refractivity contribution in [3.63, 3.8) is 0 Å². The van der Waals surface area contributed by atoms with Crippen LogP contribution in [0.15, 0.2) is 12.2 Å². The van der Waals surface area contributed by atoms with E-state index in [9.17, 15) is 0 Å². The number of methoxy groups -OCH3 is 1. The Balaban J connectivity index is 1.51. The fourth-order valence-electron chi connectivity index (χ4n) is 7.44. The molecule has 0 aliphatic heterocycles. The predicted octanol–water partition coefficient (Wildman–Crippen LogP) is 5.57. The van der Waals surface area contributed by atoms with E-state index in [0.717, 1.165) is 23.7 Å². The number of hydrogen-bond donors (Lipinski definition) is 0. The van der Waals surface area contributed by atoms with Gasteiger partial charge in [0.05, 0.1) is 6.10 Å². The quantitative estimate of drug-likeness (QED) is 0.496. The zero-order valence-corrected chi connectivity index (χ0v) is 16.0. The van der Waals surface area contributed by atoms with Crippen LogP contribution in [0.4, 0.5) is 0 Å². The van der Waals surface area contributed by atoms with Gasteiger partial charge >= 0.3 is 0 Å². The van der Waals surface area contributed by atoms with Crippen LogP contribution in [0.25, 0.3) is 0 Å². The van der Waals surface area contributed by atoms with Crippen molar-refractivity contribution in [1.82, 2.24) is 0 Å². The van der Waals surface area contributed by atoms with E-state index < -0.39 is 0 Å². The molecule has 7 atom stereocenters. The number of rotatable bonds is 3. The molecule has 0 heterocycles. The molecule has 4 rings (SSSR count). The Morgan fingerprint density at radius 3 is 2.67 bits per heavy atom. The Kier molecular flexibility index (Phi) is 4.36. The highest BCUT2D eigenvalue weighted by Gasteiger charge is 2.58. The maximum Gasteiger partial charge on any atom is 0.146 e. The summed E-state index contributed by atoms with van der Waals surface area (Å²) in [4.78, 5) is 0. The fourth-order valence-corrected chi connectivity index (χ4v) is 7.44. The van der Waals surface area contributed by atoms with Gasteiger partial charge in [-0.25, -0.2) is 0 Å². The SMILES string of the molecule is C=C1CC[C@H]2[C@@H]3CCC4C[C@@H](OCOC)CC[C@]4(C)[C@H]3CC[C@]12C. The normalized spacial score (nSPS) is 51.0. The van der Waals surface area contributed by atoms with Crippen LogP contribution in [-0.2, 0) is 9.47 Å². The molecule has 2 heteroatoms. The number of hydrogen-bond acceptors (Lipinski definition) is 2. The van der Waals surface area contributed by atoms with Crippen molar-refractivity contribution in [3.05, 3.63) is 12.2 Å². The summed E-state index contributed by atoms with van der Waals surface area (Å²) >= 11 is 0. The monoisotopic (exact) mass is 332 g/mol. The van der Waals surface area contributed by atoms with Crippen molar-refractivity contribution in [1.29, 1.82) is 0 Å². The molecule has 0 saturated heterocycles. The maximum atomic E-state index is 5.93. The third-order valence-electron chi connectivity index (χ3n) is 8.99.